The molecule has 0 fully saturated rings. The lowest BCUT2D eigenvalue weighted by Gasteiger charge is -2.26. The third-order valence-corrected chi connectivity index (χ3v) is 7.02. The minimum absolute atomic E-state index is 0.0332. The van der Waals surface area contributed by atoms with Crippen molar-refractivity contribution in [2.24, 2.45) is 0 Å². The van der Waals surface area contributed by atoms with Gasteiger partial charge in [-0.1, -0.05) is 37.6 Å². The molecule has 0 saturated carbocycles. The van der Waals surface area contributed by atoms with Crippen molar-refractivity contribution in [3.63, 3.8) is 0 Å². The highest BCUT2D eigenvalue weighted by Gasteiger charge is 2.43. The Morgan fingerprint density at radius 1 is 0.949 bits per heavy atom. The Hall–Kier alpha value is -4.13. The van der Waals surface area contributed by atoms with Gasteiger partial charge in [-0.25, -0.2) is 4.39 Å². The first kappa shape index (κ1) is 26.5. The molecule has 1 amide bonds. The van der Waals surface area contributed by atoms with E-state index in [-0.39, 0.29) is 23.6 Å². The lowest BCUT2D eigenvalue weighted by Crippen LogP contribution is -2.29. The van der Waals surface area contributed by atoms with Crippen LogP contribution in [0.3, 0.4) is 0 Å². The standard InChI is InChI=1S/C32H32FNO5/c1-5-7-14-38-24-13-10-22(17-25(24)37-6-2)29-28-30(35)27-20(4)15-19(3)16-26(27)39-31(28)32(36)34(29)18-21-8-11-23(33)12-9-21/h8-13,15-17,29H,5-7,14,18H2,1-4H3. The lowest BCUT2D eigenvalue weighted by molar-refractivity contribution is 0.0714. The molecular formula is C32H32FNO5. The number of nitrogens with zero attached hydrogens (tertiary/aromatic N) is 1. The zero-order valence-electron chi connectivity index (χ0n) is 22.7. The van der Waals surface area contributed by atoms with Crippen LogP contribution < -0.4 is 14.9 Å². The van der Waals surface area contributed by atoms with Gasteiger partial charge in [-0.15, -0.1) is 0 Å². The average molecular weight is 530 g/mol. The average Bonchev–Trinajstić information content (AvgIpc) is 3.17. The van der Waals surface area contributed by atoms with Gasteiger partial charge in [-0.05, 0) is 79.8 Å². The summed E-state index contributed by atoms with van der Waals surface area (Å²) in [7, 11) is 0. The number of ether oxygens (including phenoxy) is 2. The van der Waals surface area contributed by atoms with Gasteiger partial charge in [0, 0.05) is 6.54 Å². The van der Waals surface area contributed by atoms with Crippen LogP contribution in [-0.4, -0.2) is 24.0 Å². The number of rotatable bonds is 9. The van der Waals surface area contributed by atoms with E-state index in [0.29, 0.717) is 46.8 Å². The molecule has 7 heteroatoms. The van der Waals surface area contributed by atoms with Gasteiger partial charge >= 0.3 is 0 Å². The van der Waals surface area contributed by atoms with Crippen LogP contribution in [-0.2, 0) is 6.54 Å². The summed E-state index contributed by atoms with van der Waals surface area (Å²) >= 11 is 0. The zero-order valence-corrected chi connectivity index (χ0v) is 22.7. The number of carbonyl (C=O) groups excluding carboxylic acids is 1. The second kappa shape index (κ2) is 10.9. The minimum atomic E-state index is -0.720. The molecule has 0 N–H and O–H groups in total. The van der Waals surface area contributed by atoms with Crippen LogP contribution in [0.5, 0.6) is 11.5 Å². The lowest BCUT2D eigenvalue weighted by atomic mass is 9.96. The summed E-state index contributed by atoms with van der Waals surface area (Å²) in [5.41, 5.74) is 3.62. The van der Waals surface area contributed by atoms with Crippen LogP contribution in [0.25, 0.3) is 11.0 Å². The van der Waals surface area contributed by atoms with E-state index in [2.05, 4.69) is 6.92 Å². The first-order valence-electron chi connectivity index (χ1n) is 13.3. The predicted octanol–water partition coefficient (Wildman–Crippen LogP) is 6.87. The molecule has 1 aliphatic rings. The number of fused-ring (bicyclic) bond motifs is 2. The highest BCUT2D eigenvalue weighted by molar-refractivity contribution is 5.99. The van der Waals surface area contributed by atoms with E-state index in [4.69, 9.17) is 13.9 Å². The maximum atomic E-state index is 14.0. The number of hydrogen-bond acceptors (Lipinski definition) is 5. The maximum Gasteiger partial charge on any atom is 0.291 e. The van der Waals surface area contributed by atoms with E-state index in [9.17, 15) is 14.0 Å². The predicted molar refractivity (Wildman–Crippen MR) is 148 cm³/mol. The Kier molecular flexibility index (Phi) is 7.42. The van der Waals surface area contributed by atoms with E-state index in [1.54, 1.807) is 23.1 Å². The van der Waals surface area contributed by atoms with Crippen molar-refractivity contribution in [1.82, 2.24) is 4.90 Å². The normalized spacial score (nSPS) is 14.6. The van der Waals surface area contributed by atoms with Crippen LogP contribution in [0.4, 0.5) is 4.39 Å². The molecule has 0 radical (unpaired) electrons. The molecule has 0 aliphatic carbocycles. The van der Waals surface area contributed by atoms with Crippen molar-refractivity contribution in [1.29, 1.82) is 0 Å². The van der Waals surface area contributed by atoms with Gasteiger partial charge in [-0.3, -0.25) is 9.59 Å². The molecule has 0 spiro atoms. The van der Waals surface area contributed by atoms with Crippen molar-refractivity contribution in [2.45, 2.75) is 53.1 Å². The maximum absolute atomic E-state index is 14.0. The first-order chi connectivity index (χ1) is 18.8. The van der Waals surface area contributed by atoms with Crippen molar-refractivity contribution in [3.05, 3.63) is 104 Å². The second-order valence-corrected chi connectivity index (χ2v) is 9.93. The number of hydrogen-bond donors (Lipinski definition) is 0. The highest BCUT2D eigenvalue weighted by atomic mass is 19.1. The summed E-state index contributed by atoms with van der Waals surface area (Å²) in [4.78, 5) is 29.5. The van der Waals surface area contributed by atoms with Crippen LogP contribution in [0.1, 0.15) is 71.1 Å². The van der Waals surface area contributed by atoms with Gasteiger partial charge < -0.3 is 18.8 Å². The third kappa shape index (κ3) is 5.01. The van der Waals surface area contributed by atoms with E-state index >= 15 is 0 Å². The molecule has 0 saturated heterocycles. The molecule has 5 rings (SSSR count). The molecule has 1 aliphatic heterocycles. The molecule has 3 aromatic carbocycles. The molecule has 2 heterocycles. The van der Waals surface area contributed by atoms with Gasteiger partial charge in [-0.2, -0.15) is 0 Å². The van der Waals surface area contributed by atoms with Crippen molar-refractivity contribution in [3.8, 4) is 11.5 Å². The second-order valence-electron chi connectivity index (χ2n) is 9.93. The molecule has 1 aromatic heterocycles. The first-order valence-corrected chi connectivity index (χ1v) is 13.3. The Balaban J connectivity index is 1.68. The van der Waals surface area contributed by atoms with Crippen molar-refractivity contribution < 1.29 is 23.1 Å². The van der Waals surface area contributed by atoms with Gasteiger partial charge in [0.05, 0.1) is 30.2 Å². The summed E-state index contributed by atoms with van der Waals surface area (Å²) in [6.45, 7) is 8.94. The van der Waals surface area contributed by atoms with Crippen LogP contribution in [0.15, 0.2) is 63.8 Å². The van der Waals surface area contributed by atoms with Crippen LogP contribution in [0.2, 0.25) is 0 Å². The number of amides is 1. The fourth-order valence-electron chi connectivity index (χ4n) is 5.22. The summed E-state index contributed by atoms with van der Waals surface area (Å²) in [5, 5.41) is 0.463. The number of halogens is 1. The Labute approximate surface area is 227 Å². The fourth-order valence-corrected chi connectivity index (χ4v) is 5.22. The van der Waals surface area contributed by atoms with Gasteiger partial charge in [0.25, 0.3) is 5.91 Å². The van der Waals surface area contributed by atoms with Crippen LogP contribution in [0, 0.1) is 19.7 Å². The minimum Gasteiger partial charge on any atom is -0.490 e. The molecule has 39 heavy (non-hydrogen) atoms. The van der Waals surface area contributed by atoms with E-state index in [0.717, 1.165) is 29.5 Å². The topological polar surface area (TPSA) is 69.0 Å². The van der Waals surface area contributed by atoms with Gasteiger partial charge in [0.1, 0.15) is 11.4 Å². The summed E-state index contributed by atoms with van der Waals surface area (Å²) in [5.74, 6) is 0.441. The quantitative estimate of drug-likeness (QED) is 0.221. The Morgan fingerprint density at radius 2 is 1.72 bits per heavy atom. The molecule has 0 bridgehead atoms. The van der Waals surface area contributed by atoms with E-state index in [1.807, 2.05) is 45.0 Å². The molecule has 6 nitrogen and oxygen atoms in total. The van der Waals surface area contributed by atoms with Gasteiger partial charge in [0.15, 0.2) is 16.9 Å². The van der Waals surface area contributed by atoms with E-state index in [1.165, 1.54) is 12.1 Å². The fraction of sp³-hybridized carbons (Fsp3) is 0.312. The number of benzene rings is 3. The summed E-state index contributed by atoms with van der Waals surface area (Å²) in [6, 6.07) is 14.5. The number of unbranched alkanes of at least 4 members (excludes halogenated alkanes) is 1. The van der Waals surface area contributed by atoms with E-state index < -0.39 is 11.9 Å². The molecule has 1 unspecified atom stereocenters. The third-order valence-electron chi connectivity index (χ3n) is 7.02. The number of aryl methyl sites for hydroxylation is 2. The SMILES string of the molecule is CCCCOc1ccc(C2c3c(oc4cc(C)cc(C)c4c3=O)C(=O)N2Cc2ccc(F)cc2)cc1OCC. The Bertz CT molecular complexity index is 1590. The molecule has 202 valence electrons. The monoisotopic (exact) mass is 529 g/mol. The van der Waals surface area contributed by atoms with Gasteiger partial charge in [0.2, 0.25) is 5.76 Å². The molecule has 4 aromatic rings. The molecular weight excluding hydrogens is 497 g/mol. The highest BCUT2D eigenvalue weighted by Crippen LogP contribution is 2.42. The summed E-state index contributed by atoms with van der Waals surface area (Å²) < 4.78 is 31.6. The Morgan fingerprint density at radius 3 is 2.44 bits per heavy atom. The van der Waals surface area contributed by atoms with Crippen molar-refractivity contribution >= 4 is 16.9 Å². The number of carbonyl (C=O) groups is 1. The summed E-state index contributed by atoms with van der Waals surface area (Å²) in [6.07, 6.45) is 1.92. The zero-order chi connectivity index (χ0) is 27.7. The largest absolute Gasteiger partial charge is 0.490 e. The molecule has 1 atom stereocenters. The smallest absolute Gasteiger partial charge is 0.291 e. The van der Waals surface area contributed by atoms with Crippen LogP contribution >= 0.6 is 0 Å². The van der Waals surface area contributed by atoms with Crippen molar-refractivity contribution in [2.75, 3.05) is 13.2 Å².